The number of hydrogen-bond donors (Lipinski definition) is 2. The molecule has 0 spiro atoms. The fourth-order valence-corrected chi connectivity index (χ4v) is 2.96. The number of azo groups is 1. The quantitative estimate of drug-likeness (QED) is 0.342. The molecule has 0 unspecified atom stereocenters. The van der Waals surface area contributed by atoms with E-state index in [2.05, 4.69) is 20.4 Å². The Kier molecular flexibility index (Phi) is 7.52. The Hall–Kier alpha value is -2.92. The van der Waals surface area contributed by atoms with Gasteiger partial charge in [-0.25, -0.2) is 4.98 Å². The van der Waals surface area contributed by atoms with Gasteiger partial charge in [-0.05, 0) is 42.3 Å². The van der Waals surface area contributed by atoms with E-state index in [9.17, 15) is 18.4 Å². The van der Waals surface area contributed by atoms with E-state index in [1.165, 1.54) is 24.4 Å². The summed E-state index contributed by atoms with van der Waals surface area (Å²) in [5.74, 6) is -0.159. The minimum atomic E-state index is -4.00. The van der Waals surface area contributed by atoms with E-state index >= 15 is 0 Å². The average molecular weight is 407 g/mol. The molecule has 0 fully saturated rings. The molecule has 0 amide bonds. The van der Waals surface area contributed by atoms with Crippen LogP contribution in [0.2, 0.25) is 0 Å². The van der Waals surface area contributed by atoms with Gasteiger partial charge in [0.15, 0.2) is 5.82 Å². The smallest absolute Gasteiger partial charge is 0.264 e. The molecule has 0 saturated carbocycles. The number of rotatable bonds is 10. The molecule has 2 rings (SSSR count). The van der Waals surface area contributed by atoms with Gasteiger partial charge in [0, 0.05) is 24.8 Å². The molecule has 1 aromatic heterocycles. The fraction of sp³-hybridized carbons (Fsp3) is 0.353. The molecule has 150 valence electrons. The Bertz CT molecular complexity index is 931. The molecule has 0 saturated heterocycles. The summed E-state index contributed by atoms with van der Waals surface area (Å²) in [6.45, 7) is 3.05. The van der Waals surface area contributed by atoms with Crippen molar-refractivity contribution in [3.05, 3.63) is 41.4 Å². The lowest BCUT2D eigenvalue weighted by molar-refractivity contribution is 0.475. The van der Waals surface area contributed by atoms with Crippen LogP contribution in [-0.2, 0) is 10.1 Å². The third-order valence-electron chi connectivity index (χ3n) is 3.75. The number of hydrogen-bond acceptors (Lipinski definition) is 9. The maximum Gasteiger partial charge on any atom is 0.264 e. The van der Waals surface area contributed by atoms with Crippen LogP contribution in [0.5, 0.6) is 5.75 Å². The highest BCUT2D eigenvalue weighted by Gasteiger charge is 2.11. The number of anilines is 1. The van der Waals surface area contributed by atoms with Crippen LogP contribution in [0, 0.1) is 4.91 Å². The highest BCUT2D eigenvalue weighted by Crippen LogP contribution is 2.32. The number of aromatic hydroxyl groups is 1. The van der Waals surface area contributed by atoms with E-state index in [0.29, 0.717) is 18.8 Å². The molecule has 11 heteroatoms. The molecule has 0 aliphatic heterocycles. The molecular weight excluding hydrogens is 386 g/mol. The summed E-state index contributed by atoms with van der Waals surface area (Å²) >= 11 is 0. The first-order valence-corrected chi connectivity index (χ1v) is 10.2. The van der Waals surface area contributed by atoms with Crippen LogP contribution < -0.4 is 4.90 Å². The van der Waals surface area contributed by atoms with E-state index in [1.807, 2.05) is 11.8 Å². The minimum Gasteiger partial charge on any atom is -0.506 e. The van der Waals surface area contributed by atoms with E-state index < -0.39 is 10.1 Å². The number of aromatic nitrogens is 1. The van der Waals surface area contributed by atoms with Gasteiger partial charge in [0.25, 0.3) is 10.1 Å². The van der Waals surface area contributed by atoms with E-state index in [1.54, 1.807) is 12.1 Å². The number of benzene rings is 1. The summed E-state index contributed by atoms with van der Waals surface area (Å²) in [4.78, 5) is 16.2. The topological polar surface area (TPSA) is 145 Å². The summed E-state index contributed by atoms with van der Waals surface area (Å²) in [7, 11) is -4.00. The van der Waals surface area contributed by atoms with Gasteiger partial charge in [-0.3, -0.25) is 4.55 Å². The van der Waals surface area contributed by atoms with Crippen molar-refractivity contribution >= 4 is 33.0 Å². The van der Waals surface area contributed by atoms with Gasteiger partial charge in [-0.15, -0.1) is 15.1 Å². The zero-order valence-corrected chi connectivity index (χ0v) is 16.1. The normalized spacial score (nSPS) is 11.6. The Morgan fingerprint density at radius 2 is 1.93 bits per heavy atom. The lowest BCUT2D eigenvalue weighted by Crippen LogP contribution is -2.26. The minimum absolute atomic E-state index is 0.0942. The maximum atomic E-state index is 10.9. The van der Waals surface area contributed by atoms with Gasteiger partial charge in [0.1, 0.15) is 17.1 Å². The zero-order valence-electron chi connectivity index (χ0n) is 15.3. The van der Waals surface area contributed by atoms with Crippen molar-refractivity contribution < 1.29 is 18.1 Å². The maximum absolute atomic E-state index is 10.9. The van der Waals surface area contributed by atoms with Gasteiger partial charge in [0.2, 0.25) is 0 Å². The van der Waals surface area contributed by atoms with Crippen LogP contribution in [-0.4, -0.2) is 41.9 Å². The van der Waals surface area contributed by atoms with Gasteiger partial charge < -0.3 is 10.0 Å². The summed E-state index contributed by atoms with van der Waals surface area (Å²) in [5.41, 5.74) is 1.11. The molecule has 1 heterocycles. The average Bonchev–Trinajstić information content (AvgIpc) is 2.66. The van der Waals surface area contributed by atoms with Crippen LogP contribution in [0.4, 0.5) is 22.9 Å². The van der Waals surface area contributed by atoms with E-state index in [4.69, 9.17) is 4.55 Å². The van der Waals surface area contributed by atoms with Crippen LogP contribution in [0.1, 0.15) is 19.8 Å². The summed E-state index contributed by atoms with van der Waals surface area (Å²) in [6.07, 6.45) is 2.35. The molecular formula is C17H21N5O5S. The van der Waals surface area contributed by atoms with Crippen molar-refractivity contribution in [2.45, 2.75) is 19.8 Å². The molecule has 28 heavy (non-hydrogen) atoms. The second-order valence-corrected chi connectivity index (χ2v) is 7.54. The number of nitroso groups, excluding NO2 is 1. The first-order valence-electron chi connectivity index (χ1n) is 8.56. The van der Waals surface area contributed by atoms with Crippen molar-refractivity contribution in [1.82, 2.24) is 4.98 Å². The highest BCUT2D eigenvalue weighted by molar-refractivity contribution is 7.85. The summed E-state index contributed by atoms with van der Waals surface area (Å²) in [6, 6.07) is 7.77. The molecule has 0 aliphatic rings. The third kappa shape index (κ3) is 6.67. The van der Waals surface area contributed by atoms with Crippen molar-refractivity contribution in [2.24, 2.45) is 15.4 Å². The summed E-state index contributed by atoms with van der Waals surface area (Å²) < 4.78 is 30.6. The molecule has 1 aromatic carbocycles. The van der Waals surface area contributed by atoms with Crippen LogP contribution in [0.15, 0.2) is 51.9 Å². The molecule has 0 atom stereocenters. The Balaban J connectivity index is 2.11. The molecule has 0 bridgehead atoms. The van der Waals surface area contributed by atoms with Gasteiger partial charge in [0.05, 0.1) is 11.9 Å². The number of pyridine rings is 1. The molecule has 10 nitrogen and oxygen atoms in total. The largest absolute Gasteiger partial charge is 0.506 e. The second-order valence-electron chi connectivity index (χ2n) is 5.97. The van der Waals surface area contributed by atoms with E-state index in [-0.39, 0.29) is 35.1 Å². The van der Waals surface area contributed by atoms with Gasteiger partial charge in [-0.1, -0.05) is 6.92 Å². The third-order valence-corrected chi connectivity index (χ3v) is 4.55. The van der Waals surface area contributed by atoms with Crippen molar-refractivity contribution in [1.29, 1.82) is 0 Å². The molecule has 0 aliphatic carbocycles. The predicted molar refractivity (Wildman–Crippen MR) is 106 cm³/mol. The Labute approximate surface area is 162 Å². The lowest BCUT2D eigenvalue weighted by atomic mass is 10.2. The number of nitrogens with zero attached hydrogens (tertiary/aromatic N) is 5. The Morgan fingerprint density at radius 3 is 2.50 bits per heavy atom. The molecule has 2 aromatic rings. The first kappa shape index (κ1) is 21.4. The predicted octanol–water partition coefficient (Wildman–Crippen LogP) is 4.09. The van der Waals surface area contributed by atoms with Crippen molar-refractivity contribution in [3.63, 3.8) is 0 Å². The molecule has 0 radical (unpaired) electrons. The standard InChI is InChI=1S/C17H21N5O5S/c1-2-8-22(9-3-10-28(25,26)27)14-5-6-15(16(23)11-14)19-20-17-7-4-13(21-24)12-18-17/h4-7,11-12,23H,2-3,8-10H2,1H3,(H,25,26,27). The molecule has 2 N–H and O–H groups in total. The van der Waals surface area contributed by atoms with Crippen LogP contribution in [0.25, 0.3) is 0 Å². The lowest BCUT2D eigenvalue weighted by Gasteiger charge is -2.24. The monoisotopic (exact) mass is 407 g/mol. The number of phenolic OH excluding ortho intramolecular Hbond substituents is 1. The van der Waals surface area contributed by atoms with E-state index in [0.717, 1.165) is 6.42 Å². The van der Waals surface area contributed by atoms with Crippen molar-refractivity contribution in [3.8, 4) is 5.75 Å². The van der Waals surface area contributed by atoms with Gasteiger partial charge >= 0.3 is 0 Å². The summed E-state index contributed by atoms with van der Waals surface area (Å²) in [5, 5.41) is 20.8. The Morgan fingerprint density at radius 1 is 1.14 bits per heavy atom. The zero-order chi connectivity index (χ0) is 20.6. The van der Waals surface area contributed by atoms with Gasteiger partial charge in [-0.2, -0.15) is 8.42 Å². The first-order chi connectivity index (χ1) is 13.3. The second kappa shape index (κ2) is 9.85. The van der Waals surface area contributed by atoms with Crippen LogP contribution in [0.3, 0.4) is 0 Å². The number of phenols is 1. The van der Waals surface area contributed by atoms with Crippen LogP contribution >= 0.6 is 0 Å². The SMILES string of the molecule is CCCN(CCCS(=O)(=O)O)c1ccc(N=Nc2ccc(N=O)cn2)c(O)c1. The fourth-order valence-electron chi connectivity index (χ4n) is 2.47. The van der Waals surface area contributed by atoms with Crippen molar-refractivity contribution in [2.75, 3.05) is 23.7 Å². The highest BCUT2D eigenvalue weighted by atomic mass is 32.2.